The summed E-state index contributed by atoms with van der Waals surface area (Å²) >= 11 is 0. The van der Waals surface area contributed by atoms with Crippen molar-refractivity contribution in [2.45, 2.75) is 44.3 Å². The van der Waals surface area contributed by atoms with Crippen molar-refractivity contribution in [1.29, 1.82) is 5.41 Å². The van der Waals surface area contributed by atoms with Crippen molar-refractivity contribution < 1.29 is 0 Å². The fourth-order valence-corrected chi connectivity index (χ4v) is 4.70. The Morgan fingerprint density at radius 2 is 1.67 bits per heavy atom. The summed E-state index contributed by atoms with van der Waals surface area (Å²) in [5.41, 5.74) is 11.2. The second-order valence-corrected chi connectivity index (χ2v) is 8.24. The molecule has 0 spiro atoms. The largest absolute Gasteiger partial charge is 0.327 e. The summed E-state index contributed by atoms with van der Waals surface area (Å²) in [5, 5.41) is 10.0. The van der Waals surface area contributed by atoms with Crippen molar-refractivity contribution in [1.82, 2.24) is 14.1 Å². The normalized spacial score (nSPS) is 19.2. The Hall–Kier alpha value is -3.18. The Bertz CT molecular complexity index is 1210. The minimum Gasteiger partial charge on any atom is -0.327 e. The van der Waals surface area contributed by atoms with Gasteiger partial charge in [0, 0.05) is 24.3 Å². The van der Waals surface area contributed by atoms with E-state index in [1.165, 1.54) is 12.0 Å². The highest BCUT2D eigenvalue weighted by atomic mass is 15.1. The molecule has 1 aliphatic rings. The number of aromatic nitrogens is 3. The van der Waals surface area contributed by atoms with Crippen LogP contribution in [0.5, 0.6) is 0 Å². The molecule has 4 aromatic rings. The van der Waals surface area contributed by atoms with Crippen LogP contribution >= 0.6 is 0 Å². The highest BCUT2D eigenvalue weighted by Crippen LogP contribution is 2.30. The first-order chi connectivity index (χ1) is 14.7. The Kier molecular flexibility index (Phi) is 4.97. The number of nitrogens with one attached hydrogen (secondary N) is 1. The van der Waals surface area contributed by atoms with E-state index in [2.05, 4.69) is 47.2 Å². The Morgan fingerprint density at radius 1 is 0.967 bits per heavy atom. The summed E-state index contributed by atoms with van der Waals surface area (Å²) in [6.45, 7) is 0.726. The van der Waals surface area contributed by atoms with E-state index in [0.29, 0.717) is 5.49 Å². The maximum absolute atomic E-state index is 9.10. The molecule has 2 heterocycles. The highest BCUT2D eigenvalue weighted by molar-refractivity contribution is 5.93. The SMILES string of the molecule is N=c1c2c(-c3ccccc3)cn(Cc3ccccc3)c2ncn1C1CCCCC1N. The fraction of sp³-hybridized carbons (Fsp3) is 0.280. The summed E-state index contributed by atoms with van der Waals surface area (Å²) in [4.78, 5) is 4.84. The summed E-state index contributed by atoms with van der Waals surface area (Å²) in [5.74, 6) is 0. The van der Waals surface area contributed by atoms with Gasteiger partial charge in [-0.05, 0) is 24.0 Å². The summed E-state index contributed by atoms with van der Waals surface area (Å²) < 4.78 is 4.17. The average Bonchev–Trinajstić information content (AvgIpc) is 3.15. The molecule has 5 rings (SSSR count). The molecule has 2 unspecified atom stereocenters. The smallest absolute Gasteiger partial charge is 0.146 e. The first-order valence-corrected chi connectivity index (χ1v) is 10.7. The summed E-state index contributed by atoms with van der Waals surface area (Å²) in [6, 6.07) is 20.9. The van der Waals surface area contributed by atoms with Crippen LogP contribution in [0.4, 0.5) is 0 Å². The van der Waals surface area contributed by atoms with E-state index in [9.17, 15) is 0 Å². The molecule has 1 fully saturated rings. The van der Waals surface area contributed by atoms with Gasteiger partial charge < -0.3 is 14.9 Å². The van der Waals surface area contributed by atoms with Crippen molar-refractivity contribution >= 4 is 11.0 Å². The molecule has 1 saturated carbocycles. The third-order valence-corrected chi connectivity index (χ3v) is 6.27. The molecule has 3 N–H and O–H groups in total. The highest BCUT2D eigenvalue weighted by Gasteiger charge is 2.25. The number of nitrogens with two attached hydrogens (primary N) is 1. The van der Waals surface area contributed by atoms with Crippen LogP contribution in [0.3, 0.4) is 0 Å². The number of fused-ring (bicyclic) bond motifs is 1. The summed E-state index contributed by atoms with van der Waals surface area (Å²) in [7, 11) is 0. The van der Waals surface area contributed by atoms with Crippen LogP contribution in [0.2, 0.25) is 0 Å². The van der Waals surface area contributed by atoms with Crippen LogP contribution in [0.15, 0.2) is 73.2 Å². The molecule has 0 amide bonds. The van der Waals surface area contributed by atoms with Gasteiger partial charge in [-0.2, -0.15) is 0 Å². The molecule has 5 heteroatoms. The van der Waals surface area contributed by atoms with Crippen molar-refractivity contribution in [2.75, 3.05) is 0 Å². The van der Waals surface area contributed by atoms with Gasteiger partial charge in [-0.1, -0.05) is 73.5 Å². The van der Waals surface area contributed by atoms with Gasteiger partial charge in [-0.3, -0.25) is 5.41 Å². The Labute approximate surface area is 176 Å². The second-order valence-electron chi connectivity index (χ2n) is 8.24. The van der Waals surface area contributed by atoms with E-state index < -0.39 is 0 Å². The Balaban J connectivity index is 1.70. The molecule has 152 valence electrons. The van der Waals surface area contributed by atoms with E-state index in [0.717, 1.165) is 48.0 Å². The molecular formula is C25H27N5. The van der Waals surface area contributed by atoms with Crippen LogP contribution in [0, 0.1) is 5.41 Å². The zero-order valence-corrected chi connectivity index (χ0v) is 17.0. The van der Waals surface area contributed by atoms with Crippen LogP contribution in [0.25, 0.3) is 22.2 Å². The maximum atomic E-state index is 9.10. The molecule has 2 aromatic heterocycles. The number of rotatable bonds is 4. The first kappa shape index (κ1) is 18.8. The summed E-state index contributed by atoms with van der Waals surface area (Å²) in [6.07, 6.45) is 8.32. The van der Waals surface area contributed by atoms with Crippen molar-refractivity contribution in [2.24, 2.45) is 5.73 Å². The van der Waals surface area contributed by atoms with E-state index >= 15 is 0 Å². The first-order valence-electron chi connectivity index (χ1n) is 10.7. The van der Waals surface area contributed by atoms with Gasteiger partial charge in [0.05, 0.1) is 17.8 Å². The predicted octanol–water partition coefficient (Wildman–Crippen LogP) is 4.47. The quantitative estimate of drug-likeness (QED) is 0.533. The van der Waals surface area contributed by atoms with Crippen molar-refractivity contribution in [3.05, 3.63) is 84.2 Å². The number of benzene rings is 2. The molecule has 2 atom stereocenters. The Morgan fingerprint density at radius 3 is 2.40 bits per heavy atom. The third kappa shape index (κ3) is 3.35. The second kappa shape index (κ2) is 7.92. The van der Waals surface area contributed by atoms with Gasteiger partial charge in [0.1, 0.15) is 11.1 Å². The van der Waals surface area contributed by atoms with Gasteiger partial charge in [0.25, 0.3) is 0 Å². The van der Waals surface area contributed by atoms with Gasteiger partial charge >= 0.3 is 0 Å². The van der Waals surface area contributed by atoms with Gasteiger partial charge in [0.2, 0.25) is 0 Å². The maximum Gasteiger partial charge on any atom is 0.146 e. The third-order valence-electron chi connectivity index (χ3n) is 6.27. The van der Waals surface area contributed by atoms with Gasteiger partial charge in [-0.25, -0.2) is 4.98 Å². The van der Waals surface area contributed by atoms with E-state index in [1.54, 1.807) is 0 Å². The molecule has 0 radical (unpaired) electrons. The lowest BCUT2D eigenvalue weighted by molar-refractivity contribution is 0.297. The monoisotopic (exact) mass is 397 g/mol. The molecule has 30 heavy (non-hydrogen) atoms. The molecular weight excluding hydrogens is 370 g/mol. The lowest BCUT2D eigenvalue weighted by Crippen LogP contribution is -2.39. The molecule has 5 nitrogen and oxygen atoms in total. The molecule has 2 aromatic carbocycles. The number of hydrogen-bond donors (Lipinski definition) is 2. The number of nitrogens with zero attached hydrogens (tertiary/aromatic N) is 3. The lowest BCUT2D eigenvalue weighted by atomic mass is 9.91. The average molecular weight is 398 g/mol. The number of hydrogen-bond acceptors (Lipinski definition) is 3. The standard InChI is InChI=1S/C25H27N5/c26-21-13-7-8-14-22(21)30-17-28-25-23(24(30)27)20(19-11-5-2-6-12-19)16-29(25)15-18-9-3-1-4-10-18/h1-6,9-12,16-17,21-22,27H,7-8,13-15,26H2. The van der Waals surface area contributed by atoms with Crippen LogP contribution in [0.1, 0.15) is 37.3 Å². The minimum absolute atomic E-state index is 0.0821. The van der Waals surface area contributed by atoms with Crippen LogP contribution < -0.4 is 11.2 Å². The molecule has 0 bridgehead atoms. The zero-order chi connectivity index (χ0) is 20.5. The van der Waals surface area contributed by atoms with Gasteiger partial charge in [-0.15, -0.1) is 0 Å². The molecule has 0 aliphatic heterocycles. The molecule has 1 aliphatic carbocycles. The zero-order valence-electron chi connectivity index (χ0n) is 17.0. The van der Waals surface area contributed by atoms with E-state index in [1.807, 2.05) is 35.2 Å². The lowest BCUT2D eigenvalue weighted by Gasteiger charge is -2.30. The molecule has 0 saturated heterocycles. The topological polar surface area (TPSA) is 72.6 Å². The van der Waals surface area contributed by atoms with E-state index in [-0.39, 0.29) is 12.1 Å². The van der Waals surface area contributed by atoms with Crippen molar-refractivity contribution in [3.8, 4) is 11.1 Å². The van der Waals surface area contributed by atoms with Crippen LogP contribution in [-0.4, -0.2) is 20.2 Å². The predicted molar refractivity (Wildman–Crippen MR) is 120 cm³/mol. The van der Waals surface area contributed by atoms with Crippen molar-refractivity contribution in [3.63, 3.8) is 0 Å². The fourth-order valence-electron chi connectivity index (χ4n) is 4.70. The van der Waals surface area contributed by atoms with Crippen LogP contribution in [-0.2, 0) is 6.54 Å². The van der Waals surface area contributed by atoms with Gasteiger partial charge in [0.15, 0.2) is 0 Å². The van der Waals surface area contributed by atoms with E-state index in [4.69, 9.17) is 16.1 Å². The minimum atomic E-state index is 0.0821.